The Morgan fingerprint density at radius 3 is 2.28 bits per heavy atom. The summed E-state index contributed by atoms with van der Waals surface area (Å²) in [6, 6.07) is 36.0. The molecule has 0 aliphatic heterocycles. The van der Waals surface area contributed by atoms with E-state index >= 15 is 0 Å². The van der Waals surface area contributed by atoms with Gasteiger partial charge in [0.2, 0.25) is 0 Å². The Morgan fingerprint density at radius 2 is 1.41 bits per heavy atom. The Labute approximate surface area is 194 Å². The minimum Gasteiger partial charge on any atom is -0.457 e. The van der Waals surface area contributed by atoms with Gasteiger partial charge in [0.1, 0.15) is 17.1 Å². The van der Waals surface area contributed by atoms with Crippen molar-refractivity contribution in [1.82, 2.24) is 0 Å². The van der Waals surface area contributed by atoms with E-state index in [2.05, 4.69) is 40.2 Å². The fourth-order valence-corrected chi connectivity index (χ4v) is 5.16. The highest BCUT2D eigenvalue weighted by molar-refractivity contribution is 9.10. The topological polar surface area (TPSA) is 29.5 Å². The maximum atomic E-state index is 12.5. The van der Waals surface area contributed by atoms with Crippen molar-refractivity contribution >= 4 is 26.7 Å². The van der Waals surface area contributed by atoms with Crippen LogP contribution >= 0.6 is 15.9 Å². The van der Waals surface area contributed by atoms with E-state index in [0.717, 1.165) is 48.8 Å². The van der Waals surface area contributed by atoms with Gasteiger partial charge in [0.25, 0.3) is 0 Å². The molecule has 32 heavy (non-hydrogen) atoms. The standard InChI is InChI=1S/C29H19BrO2/c30-20-15-16-23-26(18-20)29(31,25-17-14-19-8-4-5-11-22(19)28(23)25)24-12-6-7-13-27(24)32-21-9-2-1-3-10-21/h1-18,31H. The van der Waals surface area contributed by atoms with E-state index in [1.165, 1.54) is 0 Å². The van der Waals surface area contributed by atoms with Gasteiger partial charge in [-0.1, -0.05) is 94.8 Å². The van der Waals surface area contributed by atoms with Crippen LogP contribution < -0.4 is 4.74 Å². The number of rotatable bonds is 3. The minimum absolute atomic E-state index is 0.633. The summed E-state index contributed by atoms with van der Waals surface area (Å²) in [7, 11) is 0. The monoisotopic (exact) mass is 478 g/mol. The van der Waals surface area contributed by atoms with Crippen molar-refractivity contribution in [2.24, 2.45) is 0 Å². The Bertz CT molecular complexity index is 1480. The molecule has 5 aromatic carbocycles. The molecule has 0 fully saturated rings. The lowest BCUT2D eigenvalue weighted by Gasteiger charge is -2.28. The Morgan fingerprint density at radius 1 is 0.656 bits per heavy atom. The number of aliphatic hydroxyl groups is 1. The van der Waals surface area contributed by atoms with Gasteiger partial charge in [-0.15, -0.1) is 0 Å². The summed E-state index contributed by atoms with van der Waals surface area (Å²) in [6.45, 7) is 0. The van der Waals surface area contributed by atoms with Crippen molar-refractivity contribution in [2.45, 2.75) is 5.60 Å². The summed E-state index contributed by atoms with van der Waals surface area (Å²) in [4.78, 5) is 0. The zero-order chi connectivity index (χ0) is 21.7. The summed E-state index contributed by atoms with van der Waals surface area (Å²) in [5.41, 5.74) is 3.21. The Balaban J connectivity index is 1.65. The molecule has 0 heterocycles. The molecule has 0 spiro atoms. The first-order valence-corrected chi connectivity index (χ1v) is 11.3. The summed E-state index contributed by atoms with van der Waals surface area (Å²) in [5, 5.41) is 14.8. The van der Waals surface area contributed by atoms with E-state index in [1.807, 2.05) is 84.9 Å². The van der Waals surface area contributed by atoms with Crippen molar-refractivity contribution in [1.29, 1.82) is 0 Å². The van der Waals surface area contributed by atoms with Crippen molar-refractivity contribution in [2.75, 3.05) is 0 Å². The lowest BCUT2D eigenvalue weighted by Crippen LogP contribution is -2.26. The van der Waals surface area contributed by atoms with Gasteiger partial charge >= 0.3 is 0 Å². The van der Waals surface area contributed by atoms with Gasteiger partial charge in [-0.3, -0.25) is 0 Å². The van der Waals surface area contributed by atoms with Gasteiger partial charge in [0.05, 0.1) is 0 Å². The largest absolute Gasteiger partial charge is 0.457 e. The molecule has 3 heteroatoms. The second kappa shape index (κ2) is 7.33. The van der Waals surface area contributed by atoms with Gasteiger partial charge in [0, 0.05) is 21.2 Å². The van der Waals surface area contributed by atoms with Gasteiger partial charge in [-0.25, -0.2) is 0 Å². The maximum absolute atomic E-state index is 12.5. The molecule has 1 unspecified atom stereocenters. The molecule has 0 aromatic heterocycles. The SMILES string of the molecule is OC1(c2ccccc2Oc2ccccc2)c2cc(Br)ccc2-c2c1ccc1ccccc21. The molecule has 1 aliphatic carbocycles. The van der Waals surface area contributed by atoms with E-state index in [4.69, 9.17) is 4.74 Å². The van der Waals surface area contributed by atoms with Crippen molar-refractivity contribution in [3.05, 3.63) is 130 Å². The maximum Gasteiger partial charge on any atom is 0.145 e. The van der Waals surface area contributed by atoms with Crippen LogP contribution in [0.4, 0.5) is 0 Å². The molecule has 1 atom stereocenters. The molecule has 1 N–H and O–H groups in total. The molecule has 1 aliphatic rings. The van der Waals surface area contributed by atoms with Crippen molar-refractivity contribution in [3.63, 3.8) is 0 Å². The van der Waals surface area contributed by atoms with Crippen LogP contribution in [-0.2, 0) is 5.60 Å². The lowest BCUT2D eigenvalue weighted by atomic mass is 9.83. The van der Waals surface area contributed by atoms with Crippen LogP contribution in [0.5, 0.6) is 11.5 Å². The van der Waals surface area contributed by atoms with Crippen LogP contribution in [0.25, 0.3) is 21.9 Å². The molecular weight excluding hydrogens is 460 g/mol. The van der Waals surface area contributed by atoms with Crippen LogP contribution in [0.2, 0.25) is 0 Å². The third kappa shape index (κ3) is 2.82. The summed E-state index contributed by atoms with van der Waals surface area (Å²) < 4.78 is 7.19. The van der Waals surface area contributed by atoms with Gasteiger partial charge in [-0.05, 0) is 52.2 Å². The van der Waals surface area contributed by atoms with Crippen molar-refractivity contribution < 1.29 is 9.84 Å². The van der Waals surface area contributed by atoms with Crippen molar-refractivity contribution in [3.8, 4) is 22.6 Å². The number of halogens is 1. The number of para-hydroxylation sites is 2. The van der Waals surface area contributed by atoms with Crippen LogP contribution in [0.15, 0.2) is 114 Å². The third-order valence-corrected chi connectivity index (χ3v) is 6.70. The number of hydrogen-bond donors (Lipinski definition) is 1. The second-order valence-electron chi connectivity index (χ2n) is 8.02. The van der Waals surface area contributed by atoms with Crippen LogP contribution in [-0.4, -0.2) is 5.11 Å². The molecule has 0 saturated heterocycles. The van der Waals surface area contributed by atoms with E-state index in [-0.39, 0.29) is 0 Å². The molecule has 154 valence electrons. The average Bonchev–Trinajstić information content (AvgIpc) is 3.09. The quantitative estimate of drug-likeness (QED) is 0.288. The summed E-state index contributed by atoms with van der Waals surface area (Å²) in [6.07, 6.45) is 0. The molecule has 5 aromatic rings. The van der Waals surface area contributed by atoms with Gasteiger partial charge < -0.3 is 9.84 Å². The van der Waals surface area contributed by atoms with E-state index < -0.39 is 5.60 Å². The highest BCUT2D eigenvalue weighted by atomic mass is 79.9. The predicted octanol–water partition coefficient (Wildman–Crippen LogP) is 7.66. The molecule has 0 radical (unpaired) electrons. The molecular formula is C29H19BrO2. The van der Waals surface area contributed by atoms with E-state index in [0.29, 0.717) is 5.75 Å². The first-order chi connectivity index (χ1) is 15.7. The summed E-state index contributed by atoms with van der Waals surface area (Å²) in [5.74, 6) is 1.36. The van der Waals surface area contributed by atoms with Crippen LogP contribution in [0.1, 0.15) is 16.7 Å². The first kappa shape index (κ1) is 19.3. The Hall–Kier alpha value is -3.40. The molecule has 0 bridgehead atoms. The fourth-order valence-electron chi connectivity index (χ4n) is 4.80. The predicted molar refractivity (Wildman–Crippen MR) is 132 cm³/mol. The van der Waals surface area contributed by atoms with Crippen LogP contribution in [0.3, 0.4) is 0 Å². The zero-order valence-corrected chi connectivity index (χ0v) is 18.7. The minimum atomic E-state index is -1.34. The van der Waals surface area contributed by atoms with E-state index in [9.17, 15) is 5.11 Å². The highest BCUT2D eigenvalue weighted by Crippen LogP contribution is 2.55. The molecule has 0 amide bonds. The Kier molecular flexibility index (Phi) is 4.42. The fraction of sp³-hybridized carbons (Fsp3) is 0.0345. The van der Waals surface area contributed by atoms with Gasteiger partial charge in [-0.2, -0.15) is 0 Å². The zero-order valence-electron chi connectivity index (χ0n) is 17.1. The van der Waals surface area contributed by atoms with Crippen LogP contribution in [0, 0.1) is 0 Å². The third-order valence-electron chi connectivity index (χ3n) is 6.21. The molecule has 0 saturated carbocycles. The highest BCUT2D eigenvalue weighted by Gasteiger charge is 2.45. The lowest BCUT2D eigenvalue weighted by molar-refractivity contribution is 0.128. The first-order valence-electron chi connectivity index (χ1n) is 10.5. The number of ether oxygens (including phenoxy) is 1. The normalized spacial score (nSPS) is 16.6. The second-order valence-corrected chi connectivity index (χ2v) is 8.94. The average molecular weight is 479 g/mol. The van der Waals surface area contributed by atoms with Gasteiger partial charge in [0.15, 0.2) is 0 Å². The number of benzene rings is 5. The molecule has 6 rings (SSSR count). The summed E-state index contributed by atoms with van der Waals surface area (Å²) >= 11 is 3.61. The number of fused-ring (bicyclic) bond motifs is 5. The number of hydrogen-bond acceptors (Lipinski definition) is 2. The molecule has 2 nitrogen and oxygen atoms in total. The smallest absolute Gasteiger partial charge is 0.145 e. The van der Waals surface area contributed by atoms with E-state index in [1.54, 1.807) is 0 Å².